The second-order valence-corrected chi connectivity index (χ2v) is 6.90. The van der Waals surface area contributed by atoms with Crippen LogP contribution in [0.5, 0.6) is 5.75 Å². The van der Waals surface area contributed by atoms with Crippen LogP contribution in [0.25, 0.3) is 0 Å². The lowest BCUT2D eigenvalue weighted by molar-refractivity contribution is -0.871. The summed E-state index contributed by atoms with van der Waals surface area (Å²) >= 11 is 12.0. The number of carbonyl (C=O) groups is 1. The molecule has 0 spiro atoms. The van der Waals surface area contributed by atoms with Crippen molar-refractivity contribution in [2.75, 3.05) is 26.7 Å². The van der Waals surface area contributed by atoms with Crippen LogP contribution in [0.15, 0.2) is 18.2 Å². The van der Waals surface area contributed by atoms with E-state index in [1.165, 1.54) is 0 Å². The van der Waals surface area contributed by atoms with Gasteiger partial charge in [0.1, 0.15) is 13.2 Å². The Morgan fingerprint density at radius 1 is 1.29 bits per heavy atom. The monoisotopic (exact) mass is 333 g/mol. The molecule has 0 bridgehead atoms. The van der Waals surface area contributed by atoms with Crippen molar-refractivity contribution < 1.29 is 14.4 Å². The Kier molecular flexibility index (Phi) is 6.78. The minimum absolute atomic E-state index is 0.0239. The molecule has 0 aliphatic rings. The van der Waals surface area contributed by atoms with Gasteiger partial charge in [-0.2, -0.15) is 0 Å². The third kappa shape index (κ3) is 7.02. The summed E-state index contributed by atoms with van der Waals surface area (Å²) in [5.41, 5.74) is -0.209. The predicted octanol–water partition coefficient (Wildman–Crippen LogP) is 1.80. The maximum Gasteiger partial charge on any atom is 0.275 e. The van der Waals surface area contributed by atoms with Gasteiger partial charge in [-0.25, -0.2) is 0 Å². The quantitative estimate of drug-likeness (QED) is 0.833. The molecule has 21 heavy (non-hydrogen) atoms. The second kappa shape index (κ2) is 7.87. The fraction of sp³-hybridized carbons (Fsp3) is 0.533. The molecule has 1 aromatic rings. The van der Waals surface area contributed by atoms with Gasteiger partial charge in [-0.3, -0.25) is 4.79 Å². The topological polar surface area (TPSA) is 42.8 Å². The predicted molar refractivity (Wildman–Crippen MR) is 86.5 cm³/mol. The lowest BCUT2D eigenvalue weighted by Gasteiger charge is -2.22. The van der Waals surface area contributed by atoms with Gasteiger partial charge in [0.25, 0.3) is 5.91 Å². The summed E-state index contributed by atoms with van der Waals surface area (Å²) in [6.07, 6.45) is 0. The highest BCUT2D eigenvalue weighted by Gasteiger charge is 2.17. The van der Waals surface area contributed by atoms with Gasteiger partial charge < -0.3 is 15.0 Å². The van der Waals surface area contributed by atoms with Crippen LogP contribution in [0.3, 0.4) is 0 Å². The van der Waals surface area contributed by atoms with Crippen molar-refractivity contribution in [3.05, 3.63) is 28.2 Å². The van der Waals surface area contributed by atoms with Gasteiger partial charge >= 0.3 is 0 Å². The number of hydrogen-bond acceptors (Lipinski definition) is 2. The number of benzene rings is 1. The average molecular weight is 334 g/mol. The number of nitrogens with one attached hydrogen (secondary N) is 2. The van der Waals surface area contributed by atoms with E-state index in [0.29, 0.717) is 35.5 Å². The Hall–Kier alpha value is -0.970. The highest BCUT2D eigenvalue weighted by atomic mass is 35.5. The Labute approximate surface area is 136 Å². The Morgan fingerprint density at radius 3 is 2.38 bits per heavy atom. The van der Waals surface area contributed by atoms with Crippen LogP contribution < -0.4 is 15.0 Å². The van der Waals surface area contributed by atoms with E-state index in [9.17, 15) is 4.79 Å². The summed E-state index contributed by atoms with van der Waals surface area (Å²) in [5.74, 6) is 0.517. The van der Waals surface area contributed by atoms with Crippen LogP contribution in [-0.2, 0) is 4.79 Å². The van der Waals surface area contributed by atoms with Crippen molar-refractivity contribution in [1.29, 1.82) is 0 Å². The minimum Gasteiger partial charge on any atom is -0.485 e. The van der Waals surface area contributed by atoms with Gasteiger partial charge in [-0.1, -0.05) is 29.3 Å². The third-order valence-electron chi connectivity index (χ3n) is 2.67. The van der Waals surface area contributed by atoms with E-state index in [2.05, 4.69) is 5.32 Å². The van der Waals surface area contributed by atoms with Crippen LogP contribution >= 0.6 is 23.2 Å². The first-order chi connectivity index (χ1) is 9.69. The van der Waals surface area contributed by atoms with Crippen molar-refractivity contribution in [2.24, 2.45) is 0 Å². The van der Waals surface area contributed by atoms with Crippen LogP contribution in [0.2, 0.25) is 10.0 Å². The van der Waals surface area contributed by atoms with Crippen molar-refractivity contribution in [3.63, 3.8) is 0 Å². The van der Waals surface area contributed by atoms with Crippen LogP contribution in [-0.4, -0.2) is 38.2 Å². The van der Waals surface area contributed by atoms with E-state index in [1.54, 1.807) is 18.2 Å². The van der Waals surface area contributed by atoms with Crippen molar-refractivity contribution in [2.45, 2.75) is 26.3 Å². The molecule has 0 aliphatic heterocycles. The molecule has 0 aromatic heterocycles. The first-order valence-electron chi connectivity index (χ1n) is 6.88. The van der Waals surface area contributed by atoms with E-state index in [1.807, 2.05) is 27.8 Å². The summed E-state index contributed by atoms with van der Waals surface area (Å²) in [5, 5.41) is 3.92. The van der Waals surface area contributed by atoms with Crippen LogP contribution in [0, 0.1) is 0 Å². The summed E-state index contributed by atoms with van der Waals surface area (Å²) in [6, 6.07) is 5.23. The molecule has 0 saturated carbocycles. The number of para-hydroxylation sites is 1. The zero-order chi connectivity index (χ0) is 16.0. The van der Waals surface area contributed by atoms with Crippen LogP contribution in [0.4, 0.5) is 0 Å². The van der Waals surface area contributed by atoms with Gasteiger partial charge in [-0.05, 0) is 32.9 Å². The van der Waals surface area contributed by atoms with E-state index in [0.717, 1.165) is 4.90 Å². The van der Waals surface area contributed by atoms with E-state index >= 15 is 0 Å². The molecule has 0 radical (unpaired) electrons. The van der Waals surface area contributed by atoms with Gasteiger partial charge in [-0.15, -0.1) is 0 Å². The first-order valence-corrected chi connectivity index (χ1v) is 7.64. The van der Waals surface area contributed by atoms with Crippen molar-refractivity contribution in [1.82, 2.24) is 5.32 Å². The molecular formula is C15H23Cl2N2O2+. The number of hydrogen-bond donors (Lipinski definition) is 2. The first kappa shape index (κ1) is 18.1. The largest absolute Gasteiger partial charge is 0.485 e. The number of quaternary nitrogens is 1. The smallest absolute Gasteiger partial charge is 0.275 e. The lowest BCUT2D eigenvalue weighted by atomic mass is 10.1. The second-order valence-electron chi connectivity index (χ2n) is 6.08. The summed E-state index contributed by atoms with van der Waals surface area (Å²) in [4.78, 5) is 12.9. The van der Waals surface area contributed by atoms with Gasteiger partial charge in [0.2, 0.25) is 0 Å². The highest BCUT2D eigenvalue weighted by molar-refractivity contribution is 6.37. The number of likely N-dealkylation sites (N-methyl/N-ethyl adjacent to an activating group) is 1. The van der Waals surface area contributed by atoms with E-state index in [4.69, 9.17) is 27.9 Å². The van der Waals surface area contributed by atoms with Crippen molar-refractivity contribution >= 4 is 29.1 Å². The Morgan fingerprint density at radius 2 is 1.86 bits per heavy atom. The molecule has 1 atom stereocenters. The van der Waals surface area contributed by atoms with Crippen LogP contribution in [0.1, 0.15) is 20.8 Å². The number of amides is 1. The average Bonchev–Trinajstić information content (AvgIpc) is 2.30. The minimum atomic E-state index is -0.209. The summed E-state index contributed by atoms with van der Waals surface area (Å²) in [6.45, 7) is 7.41. The highest BCUT2D eigenvalue weighted by Crippen LogP contribution is 2.31. The molecule has 1 aromatic carbocycles. The molecule has 0 heterocycles. The van der Waals surface area contributed by atoms with E-state index in [-0.39, 0.29) is 11.4 Å². The number of halogens is 2. The Bertz CT molecular complexity index is 467. The van der Waals surface area contributed by atoms with E-state index < -0.39 is 0 Å². The standard InChI is InChI=1S/C15H22Cl2N2O2/c1-15(2,3)18-13(20)10-19(4)8-9-21-14-11(16)6-5-7-12(14)17/h5-7H,8-10H2,1-4H3,(H,18,20)/p+1. The van der Waals surface area contributed by atoms with Crippen molar-refractivity contribution in [3.8, 4) is 5.75 Å². The third-order valence-corrected chi connectivity index (χ3v) is 3.27. The Balaban J connectivity index is 2.37. The lowest BCUT2D eigenvalue weighted by Crippen LogP contribution is -3.11. The molecule has 0 fully saturated rings. The SMILES string of the molecule is C[NH+](CCOc1c(Cl)cccc1Cl)CC(=O)NC(C)(C)C. The molecular weight excluding hydrogens is 311 g/mol. The number of ether oxygens (including phenoxy) is 1. The number of rotatable bonds is 6. The molecule has 118 valence electrons. The maximum absolute atomic E-state index is 11.8. The molecule has 1 unspecified atom stereocenters. The van der Waals surface area contributed by atoms with Gasteiger partial charge in [0, 0.05) is 5.54 Å². The summed E-state index contributed by atoms with van der Waals surface area (Å²) < 4.78 is 5.60. The molecule has 2 N–H and O–H groups in total. The number of carbonyl (C=O) groups excluding carboxylic acids is 1. The van der Waals surface area contributed by atoms with Gasteiger partial charge in [0.05, 0.1) is 17.1 Å². The molecule has 0 saturated heterocycles. The fourth-order valence-electron chi connectivity index (χ4n) is 1.77. The molecule has 4 nitrogen and oxygen atoms in total. The molecule has 0 aliphatic carbocycles. The zero-order valence-electron chi connectivity index (χ0n) is 12.9. The normalized spacial score (nSPS) is 12.9. The summed E-state index contributed by atoms with van der Waals surface area (Å²) in [7, 11) is 1.94. The fourth-order valence-corrected chi connectivity index (χ4v) is 2.28. The maximum atomic E-state index is 11.8. The molecule has 1 amide bonds. The molecule has 1 rings (SSSR count). The zero-order valence-corrected chi connectivity index (χ0v) is 14.4. The van der Waals surface area contributed by atoms with Gasteiger partial charge in [0.15, 0.2) is 12.3 Å². The molecule has 6 heteroatoms.